The van der Waals surface area contributed by atoms with E-state index in [9.17, 15) is 25.9 Å². The van der Waals surface area contributed by atoms with Crippen LogP contribution in [0, 0.1) is 47.3 Å². The Morgan fingerprint density at radius 2 is 0.653 bits per heavy atom. The molecule has 9 fully saturated rings. The summed E-state index contributed by atoms with van der Waals surface area (Å²) < 4.78 is 72.3. The van der Waals surface area contributed by atoms with Gasteiger partial charge in [-0.15, -0.1) is 0 Å². The van der Waals surface area contributed by atoms with Gasteiger partial charge in [0.2, 0.25) is 0 Å². The van der Waals surface area contributed by atoms with Crippen molar-refractivity contribution in [3.05, 3.63) is 0 Å². The van der Waals surface area contributed by atoms with Gasteiger partial charge >= 0.3 is 0 Å². The summed E-state index contributed by atoms with van der Waals surface area (Å²) in [5.41, 5.74) is 0. The molecule has 0 amide bonds. The predicted molar refractivity (Wildman–Crippen MR) is 179 cm³/mol. The van der Waals surface area contributed by atoms with Crippen molar-refractivity contribution in [3.8, 4) is 0 Å². The van der Waals surface area contributed by atoms with E-state index in [0.717, 1.165) is 32.1 Å². The van der Waals surface area contributed by atoms with E-state index >= 15 is 0 Å². The molecule has 280 valence electrons. The van der Waals surface area contributed by atoms with E-state index in [0.29, 0.717) is 41.9 Å². The fourth-order valence-corrected chi connectivity index (χ4v) is 15.7. The van der Waals surface area contributed by atoms with Gasteiger partial charge in [0.25, 0.3) is 20.2 Å². The number of fused-ring (bicyclic) bond motifs is 20. The SMILES string of the molecule is O=S(=O)(O)C1CCC2C3NC4NC(NC5NC(NC6NC(NC(N3)C2C1S(=O)(=O)O)C1CCCCC61)C1CCCCC51)C1CCCCC41.[Fe]. The molecule has 5 saturated heterocycles. The van der Waals surface area contributed by atoms with Gasteiger partial charge in [0, 0.05) is 23.0 Å². The zero-order valence-electron chi connectivity index (χ0n) is 28.0. The van der Waals surface area contributed by atoms with Crippen molar-refractivity contribution in [1.29, 1.82) is 0 Å². The van der Waals surface area contributed by atoms with Crippen LogP contribution in [0.25, 0.3) is 0 Å². The second-order valence-electron chi connectivity index (χ2n) is 16.8. The summed E-state index contributed by atoms with van der Waals surface area (Å²) in [7, 11) is -9.55. The second-order valence-corrected chi connectivity index (χ2v) is 20.1. The Morgan fingerprint density at radius 3 is 0.939 bits per heavy atom. The topological polar surface area (TPSA) is 205 Å². The van der Waals surface area contributed by atoms with E-state index in [1.54, 1.807) is 0 Å². The smallest absolute Gasteiger partial charge is 0.269 e. The molecule has 18 unspecified atom stereocenters. The average molecular weight is 769 g/mol. The number of hydrogen-bond acceptors (Lipinski definition) is 12. The van der Waals surface area contributed by atoms with Gasteiger partial charge in [0.05, 0.1) is 49.3 Å². The van der Waals surface area contributed by atoms with Crippen molar-refractivity contribution >= 4 is 20.2 Å². The molecule has 14 nitrogen and oxygen atoms in total. The molecule has 10 N–H and O–H groups in total. The molecule has 18 atom stereocenters. The molecule has 8 bridgehead atoms. The van der Waals surface area contributed by atoms with E-state index in [4.69, 9.17) is 0 Å². The van der Waals surface area contributed by atoms with Crippen LogP contribution in [0.15, 0.2) is 0 Å². The Morgan fingerprint density at radius 1 is 0.367 bits per heavy atom. The standard InChI is InChI=1S/C32H56N8O6S2.Fe/c41-47(42,43)22-14-13-21-23(24(22)48(44,45)46)32-39-30-20-12-6-5-11-19(20)28(37-30)35-26-16-8-2-1-7-15(16)25(33-26)34-27-17-9-3-4-10-18(17)29(36-27)38-31(21)40-32;/h15-40H,1-14H2,(H,41,42,43)(H,44,45,46);. The van der Waals surface area contributed by atoms with Crippen LogP contribution in [0.4, 0.5) is 0 Å². The molecule has 17 heteroatoms. The van der Waals surface area contributed by atoms with Gasteiger partial charge in [-0.25, -0.2) is 0 Å². The van der Waals surface area contributed by atoms with E-state index < -0.39 is 42.8 Å². The summed E-state index contributed by atoms with van der Waals surface area (Å²) in [5, 5.41) is 28.3. The molecule has 9 aliphatic rings. The molecular weight excluding hydrogens is 712 g/mol. The average Bonchev–Trinajstić information content (AvgIpc) is 3.79. The van der Waals surface area contributed by atoms with Gasteiger partial charge < -0.3 is 0 Å². The number of rotatable bonds is 2. The molecule has 49 heavy (non-hydrogen) atoms. The summed E-state index contributed by atoms with van der Waals surface area (Å²) >= 11 is 0. The van der Waals surface area contributed by atoms with Gasteiger partial charge in [-0.05, 0) is 92.8 Å². The maximum atomic E-state index is 13.1. The molecular formula is C32H56FeN8O6S2. The Hall–Kier alpha value is 0.0195. The summed E-state index contributed by atoms with van der Waals surface area (Å²) in [6.45, 7) is 0. The first-order valence-electron chi connectivity index (χ1n) is 19.1. The Bertz CT molecular complexity index is 1450. The van der Waals surface area contributed by atoms with Crippen LogP contribution < -0.4 is 42.5 Å². The van der Waals surface area contributed by atoms with Gasteiger partial charge in [-0.3, -0.25) is 51.6 Å². The largest absolute Gasteiger partial charge is 0.286 e. The van der Waals surface area contributed by atoms with Crippen molar-refractivity contribution in [2.24, 2.45) is 47.3 Å². The van der Waals surface area contributed by atoms with Gasteiger partial charge in [0.1, 0.15) is 10.5 Å². The molecule has 0 aromatic heterocycles. The molecule has 5 heterocycles. The first kappa shape index (κ1) is 36.0. The first-order valence-corrected chi connectivity index (χ1v) is 22.1. The summed E-state index contributed by atoms with van der Waals surface area (Å²) in [4.78, 5) is 0. The van der Waals surface area contributed by atoms with Gasteiger partial charge in [-0.1, -0.05) is 38.5 Å². The monoisotopic (exact) mass is 768 g/mol. The van der Waals surface area contributed by atoms with E-state index in [1.165, 1.54) is 44.9 Å². The van der Waals surface area contributed by atoms with Crippen molar-refractivity contribution in [2.75, 3.05) is 0 Å². The molecule has 9 rings (SSSR count). The Kier molecular flexibility index (Phi) is 10.1. The molecule has 5 aliphatic heterocycles. The maximum Gasteiger partial charge on any atom is 0.269 e. The van der Waals surface area contributed by atoms with Crippen molar-refractivity contribution < 1.29 is 43.0 Å². The van der Waals surface area contributed by atoms with Gasteiger partial charge in [-0.2, -0.15) is 16.8 Å². The minimum atomic E-state index is -4.83. The molecule has 0 radical (unpaired) electrons. The van der Waals surface area contributed by atoms with Crippen LogP contribution in [-0.4, -0.2) is 85.8 Å². The van der Waals surface area contributed by atoms with Gasteiger partial charge in [0.15, 0.2) is 0 Å². The molecule has 0 spiro atoms. The van der Waals surface area contributed by atoms with Crippen LogP contribution in [0.5, 0.6) is 0 Å². The van der Waals surface area contributed by atoms with Crippen LogP contribution in [0.3, 0.4) is 0 Å². The van der Waals surface area contributed by atoms with Crippen LogP contribution >= 0.6 is 0 Å². The zero-order valence-corrected chi connectivity index (χ0v) is 30.7. The fourth-order valence-electron chi connectivity index (χ4n) is 12.7. The summed E-state index contributed by atoms with van der Waals surface area (Å²) in [5.74, 6) is 1.70. The van der Waals surface area contributed by atoms with Crippen LogP contribution in [0.1, 0.15) is 89.9 Å². The van der Waals surface area contributed by atoms with E-state index in [1.807, 2.05) is 0 Å². The van der Waals surface area contributed by atoms with Crippen molar-refractivity contribution in [3.63, 3.8) is 0 Å². The first-order chi connectivity index (χ1) is 23.0. The molecule has 0 aromatic carbocycles. The van der Waals surface area contributed by atoms with E-state index in [-0.39, 0.29) is 72.6 Å². The third kappa shape index (κ3) is 6.40. The van der Waals surface area contributed by atoms with E-state index in [2.05, 4.69) is 42.5 Å². The number of hydrogen-bond donors (Lipinski definition) is 10. The molecule has 0 aromatic rings. The van der Waals surface area contributed by atoms with Crippen LogP contribution in [-0.2, 0) is 37.3 Å². The molecule has 4 saturated carbocycles. The van der Waals surface area contributed by atoms with Crippen molar-refractivity contribution in [2.45, 2.75) is 150 Å². The normalized spacial score (nSPS) is 52.7. The van der Waals surface area contributed by atoms with Crippen molar-refractivity contribution in [1.82, 2.24) is 42.5 Å². The Labute approximate surface area is 301 Å². The fraction of sp³-hybridized carbons (Fsp3) is 1.00. The minimum Gasteiger partial charge on any atom is -0.286 e. The third-order valence-corrected chi connectivity index (χ3v) is 17.4. The van der Waals surface area contributed by atoms with Crippen LogP contribution in [0.2, 0.25) is 0 Å². The molecule has 4 aliphatic carbocycles. The maximum absolute atomic E-state index is 13.1. The second kappa shape index (κ2) is 13.7. The zero-order chi connectivity index (χ0) is 32.9. The summed E-state index contributed by atoms with van der Waals surface area (Å²) in [6, 6.07) is 0. The predicted octanol–water partition coefficient (Wildman–Crippen LogP) is 0.336. The number of nitrogens with one attached hydrogen (secondary N) is 8. The third-order valence-electron chi connectivity index (χ3n) is 14.6. The minimum absolute atomic E-state index is 0. The Balaban J connectivity index is 0.00000348. The quantitative estimate of drug-likeness (QED) is 0.136. The summed E-state index contributed by atoms with van der Waals surface area (Å²) in [6.07, 6.45) is 14.1.